The van der Waals surface area contributed by atoms with E-state index in [4.69, 9.17) is 8.83 Å². The average molecular weight is 365 g/mol. The molecule has 0 aliphatic heterocycles. The number of amides is 2. The number of anilines is 1. The van der Waals surface area contributed by atoms with E-state index in [2.05, 4.69) is 25.8 Å². The summed E-state index contributed by atoms with van der Waals surface area (Å²) in [4.78, 5) is 27.4. The summed E-state index contributed by atoms with van der Waals surface area (Å²) in [6, 6.07) is 3.17. The van der Waals surface area contributed by atoms with Crippen molar-refractivity contribution in [2.45, 2.75) is 11.8 Å². The quantitative estimate of drug-likeness (QED) is 0.607. The van der Waals surface area contributed by atoms with Crippen molar-refractivity contribution in [3.8, 4) is 0 Å². The molecule has 0 saturated heterocycles. The Kier molecular flexibility index (Phi) is 5.23. The van der Waals surface area contributed by atoms with E-state index in [1.165, 1.54) is 17.6 Å². The SMILES string of the molecule is O=C(CSc1nnc(CNC(=O)c2ccco2)o1)Nc1nccs1. The van der Waals surface area contributed by atoms with Crippen molar-refractivity contribution in [1.82, 2.24) is 20.5 Å². The molecular formula is C13H11N5O4S2. The molecule has 124 valence electrons. The molecule has 0 fully saturated rings. The molecule has 24 heavy (non-hydrogen) atoms. The molecule has 3 rings (SSSR count). The van der Waals surface area contributed by atoms with Crippen molar-refractivity contribution < 1.29 is 18.4 Å². The first-order chi connectivity index (χ1) is 11.7. The summed E-state index contributed by atoms with van der Waals surface area (Å²) in [5.74, 6) is -0.0586. The van der Waals surface area contributed by atoms with Crippen LogP contribution in [0.25, 0.3) is 0 Å². The van der Waals surface area contributed by atoms with E-state index in [9.17, 15) is 9.59 Å². The van der Waals surface area contributed by atoms with Crippen LogP contribution in [0.2, 0.25) is 0 Å². The van der Waals surface area contributed by atoms with Crippen LogP contribution in [0, 0.1) is 0 Å². The van der Waals surface area contributed by atoms with Gasteiger partial charge in [-0.25, -0.2) is 4.98 Å². The van der Waals surface area contributed by atoms with E-state index in [1.54, 1.807) is 23.7 Å². The van der Waals surface area contributed by atoms with Gasteiger partial charge in [-0.05, 0) is 12.1 Å². The Morgan fingerprint density at radius 3 is 3.00 bits per heavy atom. The number of nitrogens with one attached hydrogen (secondary N) is 2. The van der Waals surface area contributed by atoms with E-state index in [-0.39, 0.29) is 41.0 Å². The van der Waals surface area contributed by atoms with Gasteiger partial charge in [-0.2, -0.15) is 0 Å². The summed E-state index contributed by atoms with van der Waals surface area (Å²) in [6.07, 6.45) is 3.02. The number of rotatable bonds is 7. The molecule has 0 aliphatic rings. The normalized spacial score (nSPS) is 10.5. The fourth-order valence-corrected chi connectivity index (χ4v) is 2.71. The minimum atomic E-state index is -0.379. The number of furan rings is 1. The van der Waals surface area contributed by atoms with Crippen molar-refractivity contribution in [2.75, 3.05) is 11.1 Å². The number of thioether (sulfide) groups is 1. The fraction of sp³-hybridized carbons (Fsp3) is 0.154. The van der Waals surface area contributed by atoms with Gasteiger partial charge < -0.3 is 19.5 Å². The zero-order valence-corrected chi connectivity index (χ0v) is 13.7. The Bertz CT molecular complexity index is 800. The Hall–Kier alpha value is -2.66. The number of carbonyl (C=O) groups is 2. The fourth-order valence-electron chi connectivity index (χ4n) is 1.59. The summed E-state index contributed by atoms with van der Waals surface area (Å²) in [6.45, 7) is 0.0679. The van der Waals surface area contributed by atoms with Gasteiger partial charge in [-0.3, -0.25) is 9.59 Å². The number of thiazole rings is 1. The molecule has 0 unspecified atom stereocenters. The Morgan fingerprint density at radius 2 is 2.25 bits per heavy atom. The second-order valence-electron chi connectivity index (χ2n) is 4.30. The van der Waals surface area contributed by atoms with E-state index in [0.29, 0.717) is 5.13 Å². The summed E-state index contributed by atoms with van der Waals surface area (Å²) in [7, 11) is 0. The Morgan fingerprint density at radius 1 is 1.33 bits per heavy atom. The smallest absolute Gasteiger partial charge is 0.287 e. The van der Waals surface area contributed by atoms with E-state index in [0.717, 1.165) is 11.8 Å². The standard InChI is InChI=1S/C13H11N5O4S2/c19-9(16-12-14-3-5-23-12)7-24-13-18-17-10(22-13)6-15-11(20)8-2-1-4-21-8/h1-5H,6-7H2,(H,15,20)(H,14,16,19). The van der Waals surface area contributed by atoms with Crippen molar-refractivity contribution in [2.24, 2.45) is 0 Å². The largest absolute Gasteiger partial charge is 0.459 e. The van der Waals surface area contributed by atoms with Crippen LogP contribution < -0.4 is 10.6 Å². The number of hydrogen-bond donors (Lipinski definition) is 2. The van der Waals surface area contributed by atoms with Crippen molar-refractivity contribution in [3.05, 3.63) is 41.6 Å². The highest BCUT2D eigenvalue weighted by Gasteiger charge is 2.13. The first kappa shape index (κ1) is 16.2. The summed E-state index contributed by atoms with van der Waals surface area (Å²) in [5, 5.41) is 15.4. The number of nitrogens with zero attached hydrogens (tertiary/aromatic N) is 3. The third-order valence-electron chi connectivity index (χ3n) is 2.60. The topological polar surface area (TPSA) is 123 Å². The molecule has 11 heteroatoms. The highest BCUT2D eigenvalue weighted by Crippen LogP contribution is 2.17. The molecule has 0 atom stereocenters. The van der Waals surface area contributed by atoms with E-state index >= 15 is 0 Å². The predicted octanol–water partition coefficient (Wildman–Crippen LogP) is 1.78. The van der Waals surface area contributed by atoms with Crippen LogP contribution in [-0.4, -0.2) is 32.7 Å². The summed E-state index contributed by atoms with van der Waals surface area (Å²) < 4.78 is 10.3. The predicted molar refractivity (Wildman–Crippen MR) is 85.6 cm³/mol. The van der Waals surface area contributed by atoms with Crippen LogP contribution >= 0.6 is 23.1 Å². The van der Waals surface area contributed by atoms with Crippen molar-refractivity contribution in [1.29, 1.82) is 0 Å². The number of carbonyl (C=O) groups excluding carboxylic acids is 2. The number of hydrogen-bond acceptors (Lipinski definition) is 9. The molecule has 3 aromatic rings. The molecule has 0 spiro atoms. The maximum Gasteiger partial charge on any atom is 0.287 e. The average Bonchev–Trinajstić information content (AvgIpc) is 3.32. The lowest BCUT2D eigenvalue weighted by Crippen LogP contribution is -2.22. The van der Waals surface area contributed by atoms with Crippen LogP contribution in [0.1, 0.15) is 16.4 Å². The van der Waals surface area contributed by atoms with Crippen LogP contribution in [0.5, 0.6) is 0 Å². The van der Waals surface area contributed by atoms with Gasteiger partial charge in [0, 0.05) is 11.6 Å². The monoisotopic (exact) mass is 365 g/mol. The first-order valence-corrected chi connectivity index (χ1v) is 8.53. The molecule has 2 N–H and O–H groups in total. The van der Waals surface area contributed by atoms with Crippen LogP contribution in [0.4, 0.5) is 5.13 Å². The van der Waals surface area contributed by atoms with Gasteiger partial charge in [0.05, 0.1) is 18.6 Å². The molecule has 0 radical (unpaired) electrons. The minimum Gasteiger partial charge on any atom is -0.459 e. The Balaban J connectivity index is 1.43. The first-order valence-electron chi connectivity index (χ1n) is 6.67. The van der Waals surface area contributed by atoms with Gasteiger partial charge >= 0.3 is 0 Å². The van der Waals surface area contributed by atoms with Gasteiger partial charge in [-0.15, -0.1) is 21.5 Å². The number of aromatic nitrogens is 3. The van der Waals surface area contributed by atoms with Gasteiger partial charge in [0.1, 0.15) is 0 Å². The molecular weight excluding hydrogens is 354 g/mol. The molecule has 3 aromatic heterocycles. The molecule has 2 amide bonds. The highest BCUT2D eigenvalue weighted by molar-refractivity contribution is 7.99. The van der Waals surface area contributed by atoms with Gasteiger partial charge in [0.25, 0.3) is 11.1 Å². The van der Waals surface area contributed by atoms with Crippen molar-refractivity contribution in [3.63, 3.8) is 0 Å². The Labute approximate surface area is 143 Å². The zero-order chi connectivity index (χ0) is 16.8. The molecule has 0 bridgehead atoms. The molecule has 0 aromatic carbocycles. The third kappa shape index (κ3) is 4.43. The highest BCUT2D eigenvalue weighted by atomic mass is 32.2. The van der Waals surface area contributed by atoms with Crippen LogP contribution in [0.3, 0.4) is 0 Å². The minimum absolute atomic E-state index is 0.0679. The van der Waals surface area contributed by atoms with Crippen LogP contribution in [0.15, 0.2) is 44.0 Å². The van der Waals surface area contributed by atoms with E-state index in [1.807, 2.05) is 0 Å². The zero-order valence-electron chi connectivity index (χ0n) is 12.1. The third-order valence-corrected chi connectivity index (χ3v) is 4.11. The van der Waals surface area contributed by atoms with Gasteiger partial charge in [0.2, 0.25) is 11.8 Å². The molecule has 9 nitrogen and oxygen atoms in total. The summed E-state index contributed by atoms with van der Waals surface area (Å²) in [5.41, 5.74) is 0. The second-order valence-corrected chi connectivity index (χ2v) is 6.12. The van der Waals surface area contributed by atoms with Crippen molar-refractivity contribution >= 4 is 40.0 Å². The lowest BCUT2D eigenvalue weighted by atomic mass is 10.4. The van der Waals surface area contributed by atoms with Crippen LogP contribution in [-0.2, 0) is 11.3 Å². The lowest BCUT2D eigenvalue weighted by Gasteiger charge is -1.99. The molecule has 3 heterocycles. The molecule has 0 aliphatic carbocycles. The summed E-state index contributed by atoms with van der Waals surface area (Å²) >= 11 is 2.43. The maximum atomic E-state index is 11.7. The van der Waals surface area contributed by atoms with E-state index < -0.39 is 0 Å². The molecule has 0 saturated carbocycles. The van der Waals surface area contributed by atoms with Gasteiger partial charge in [-0.1, -0.05) is 11.8 Å². The van der Waals surface area contributed by atoms with Gasteiger partial charge in [0.15, 0.2) is 10.9 Å². The maximum absolute atomic E-state index is 11.7. The second kappa shape index (κ2) is 7.75. The lowest BCUT2D eigenvalue weighted by molar-refractivity contribution is -0.113.